The van der Waals surface area contributed by atoms with Crippen LogP contribution in [0.5, 0.6) is 0 Å². The molecular formula is C15H17N3O2. The molecule has 0 radical (unpaired) electrons. The number of carbonyl (C=O) groups excluding carboxylic acids is 1. The minimum atomic E-state index is -0.258. The molecule has 5 nitrogen and oxygen atoms in total. The molecule has 5 heteroatoms. The first kappa shape index (κ1) is 12.9. The fourth-order valence-corrected chi connectivity index (χ4v) is 2.49. The standard InChI is InChI=1S/C15H17N3O2/c1-9-14(20-10(2)17-9)15(19)18-13-4-3-11-5-6-16-8-12(11)7-13/h3-4,7,16H,5-6,8H2,1-2H3,(H,18,19). The van der Waals surface area contributed by atoms with E-state index in [1.165, 1.54) is 11.1 Å². The highest BCUT2D eigenvalue weighted by Crippen LogP contribution is 2.20. The van der Waals surface area contributed by atoms with Crippen LogP contribution in [0.1, 0.15) is 33.3 Å². The molecule has 2 N–H and O–H groups in total. The number of anilines is 1. The zero-order valence-corrected chi connectivity index (χ0v) is 11.6. The summed E-state index contributed by atoms with van der Waals surface area (Å²) in [7, 11) is 0. The van der Waals surface area contributed by atoms with Crippen molar-refractivity contribution in [3.63, 3.8) is 0 Å². The molecule has 0 saturated heterocycles. The molecule has 20 heavy (non-hydrogen) atoms. The number of nitrogens with zero attached hydrogens (tertiary/aromatic N) is 1. The highest BCUT2D eigenvalue weighted by Gasteiger charge is 2.17. The number of oxazole rings is 1. The Hall–Kier alpha value is -2.14. The monoisotopic (exact) mass is 271 g/mol. The normalized spacial score (nSPS) is 13.9. The first-order chi connectivity index (χ1) is 9.63. The molecule has 2 aromatic rings. The number of nitrogens with one attached hydrogen (secondary N) is 2. The number of fused-ring (bicyclic) bond motifs is 1. The third-order valence-electron chi connectivity index (χ3n) is 3.46. The summed E-state index contributed by atoms with van der Waals surface area (Å²) in [4.78, 5) is 16.3. The Morgan fingerprint density at radius 3 is 2.95 bits per heavy atom. The molecule has 0 fully saturated rings. The summed E-state index contributed by atoms with van der Waals surface area (Å²) >= 11 is 0. The number of carbonyl (C=O) groups is 1. The third kappa shape index (κ3) is 2.44. The predicted octanol–water partition coefficient (Wildman–Crippen LogP) is 2.19. The third-order valence-corrected chi connectivity index (χ3v) is 3.46. The first-order valence-electron chi connectivity index (χ1n) is 6.71. The number of amides is 1. The van der Waals surface area contributed by atoms with E-state index in [4.69, 9.17) is 4.42 Å². The van der Waals surface area contributed by atoms with Crippen LogP contribution in [0.2, 0.25) is 0 Å². The Labute approximate surface area is 117 Å². The van der Waals surface area contributed by atoms with E-state index in [1.807, 2.05) is 12.1 Å². The second-order valence-electron chi connectivity index (χ2n) is 5.01. The number of hydrogen-bond donors (Lipinski definition) is 2. The van der Waals surface area contributed by atoms with E-state index in [0.29, 0.717) is 11.6 Å². The molecule has 2 heterocycles. The number of hydrogen-bond acceptors (Lipinski definition) is 4. The molecule has 104 valence electrons. The Balaban J connectivity index is 1.81. The van der Waals surface area contributed by atoms with E-state index in [1.54, 1.807) is 13.8 Å². The summed E-state index contributed by atoms with van der Waals surface area (Å²) in [5, 5.41) is 6.19. The second-order valence-corrected chi connectivity index (χ2v) is 5.01. The minimum absolute atomic E-state index is 0.258. The molecule has 0 spiro atoms. The van der Waals surface area contributed by atoms with Gasteiger partial charge in [-0.3, -0.25) is 4.79 Å². The fraction of sp³-hybridized carbons (Fsp3) is 0.333. The first-order valence-corrected chi connectivity index (χ1v) is 6.71. The zero-order valence-electron chi connectivity index (χ0n) is 11.6. The van der Waals surface area contributed by atoms with Crippen molar-refractivity contribution in [3.05, 3.63) is 46.7 Å². The average molecular weight is 271 g/mol. The molecule has 1 aromatic heterocycles. The summed E-state index contributed by atoms with van der Waals surface area (Å²) in [6.45, 7) is 5.35. The van der Waals surface area contributed by atoms with Crippen molar-refractivity contribution in [1.82, 2.24) is 10.3 Å². The van der Waals surface area contributed by atoms with E-state index in [0.717, 1.165) is 25.2 Å². The van der Waals surface area contributed by atoms with Gasteiger partial charge >= 0.3 is 0 Å². The Morgan fingerprint density at radius 1 is 1.35 bits per heavy atom. The van der Waals surface area contributed by atoms with Gasteiger partial charge in [-0.15, -0.1) is 0 Å². The smallest absolute Gasteiger partial charge is 0.293 e. The van der Waals surface area contributed by atoms with Crippen molar-refractivity contribution in [2.75, 3.05) is 11.9 Å². The second kappa shape index (κ2) is 5.09. The van der Waals surface area contributed by atoms with Crippen LogP contribution in [-0.2, 0) is 13.0 Å². The summed E-state index contributed by atoms with van der Waals surface area (Å²) in [5.41, 5.74) is 3.97. The lowest BCUT2D eigenvalue weighted by atomic mass is 10.0. The topological polar surface area (TPSA) is 67.2 Å². The van der Waals surface area contributed by atoms with Gasteiger partial charge in [-0.25, -0.2) is 4.98 Å². The summed E-state index contributed by atoms with van der Waals surface area (Å²) in [5.74, 6) is 0.521. The SMILES string of the molecule is Cc1nc(C)c(C(=O)Nc2ccc3c(c2)CNCC3)o1. The molecule has 0 aliphatic carbocycles. The van der Waals surface area contributed by atoms with Gasteiger partial charge in [-0.2, -0.15) is 0 Å². The maximum atomic E-state index is 12.2. The number of aryl methyl sites for hydroxylation is 2. The number of aromatic nitrogens is 1. The van der Waals surface area contributed by atoms with E-state index >= 15 is 0 Å². The fourth-order valence-electron chi connectivity index (χ4n) is 2.49. The molecule has 0 unspecified atom stereocenters. The number of benzene rings is 1. The van der Waals surface area contributed by atoms with Crippen molar-refractivity contribution >= 4 is 11.6 Å². The Morgan fingerprint density at radius 2 is 2.20 bits per heavy atom. The van der Waals surface area contributed by atoms with Gasteiger partial charge < -0.3 is 15.1 Å². The van der Waals surface area contributed by atoms with Crippen molar-refractivity contribution in [3.8, 4) is 0 Å². The molecule has 1 aromatic carbocycles. The van der Waals surface area contributed by atoms with Crippen LogP contribution < -0.4 is 10.6 Å². The lowest BCUT2D eigenvalue weighted by molar-refractivity contribution is 0.0994. The zero-order chi connectivity index (χ0) is 14.1. The molecule has 3 rings (SSSR count). The van der Waals surface area contributed by atoms with Crippen LogP contribution in [0, 0.1) is 13.8 Å². The molecule has 0 atom stereocenters. The van der Waals surface area contributed by atoms with Crippen LogP contribution in [0.3, 0.4) is 0 Å². The lowest BCUT2D eigenvalue weighted by Crippen LogP contribution is -2.23. The Bertz CT molecular complexity index is 661. The van der Waals surface area contributed by atoms with E-state index in [9.17, 15) is 4.79 Å². The van der Waals surface area contributed by atoms with Crippen LogP contribution >= 0.6 is 0 Å². The largest absolute Gasteiger partial charge is 0.436 e. The molecule has 1 amide bonds. The maximum absolute atomic E-state index is 12.2. The Kier molecular flexibility index (Phi) is 3.28. The van der Waals surface area contributed by atoms with Gasteiger partial charge in [0.15, 0.2) is 5.89 Å². The molecule has 1 aliphatic rings. The molecule has 1 aliphatic heterocycles. The molecule has 0 bridgehead atoms. The summed E-state index contributed by atoms with van der Waals surface area (Å²) < 4.78 is 5.33. The van der Waals surface area contributed by atoms with Gasteiger partial charge in [0.25, 0.3) is 5.91 Å². The summed E-state index contributed by atoms with van der Waals surface area (Å²) in [6.07, 6.45) is 1.03. The van der Waals surface area contributed by atoms with Gasteiger partial charge in [0, 0.05) is 19.2 Å². The van der Waals surface area contributed by atoms with Crippen molar-refractivity contribution in [2.45, 2.75) is 26.8 Å². The average Bonchev–Trinajstić information content (AvgIpc) is 2.78. The quantitative estimate of drug-likeness (QED) is 0.878. The van der Waals surface area contributed by atoms with E-state index in [2.05, 4.69) is 21.7 Å². The van der Waals surface area contributed by atoms with Gasteiger partial charge in [-0.05, 0) is 43.1 Å². The highest BCUT2D eigenvalue weighted by atomic mass is 16.4. The van der Waals surface area contributed by atoms with Gasteiger partial charge in [0.2, 0.25) is 5.76 Å². The predicted molar refractivity (Wildman–Crippen MR) is 75.8 cm³/mol. The number of rotatable bonds is 2. The maximum Gasteiger partial charge on any atom is 0.293 e. The van der Waals surface area contributed by atoms with Crippen molar-refractivity contribution < 1.29 is 9.21 Å². The van der Waals surface area contributed by atoms with Gasteiger partial charge in [0.1, 0.15) is 0 Å². The molecule has 0 saturated carbocycles. The van der Waals surface area contributed by atoms with E-state index < -0.39 is 0 Å². The summed E-state index contributed by atoms with van der Waals surface area (Å²) in [6, 6.07) is 6.02. The van der Waals surface area contributed by atoms with Crippen LogP contribution in [0.15, 0.2) is 22.6 Å². The van der Waals surface area contributed by atoms with E-state index in [-0.39, 0.29) is 11.7 Å². The lowest BCUT2D eigenvalue weighted by Gasteiger charge is -2.17. The molecular weight excluding hydrogens is 254 g/mol. The van der Waals surface area contributed by atoms with Crippen molar-refractivity contribution in [1.29, 1.82) is 0 Å². The van der Waals surface area contributed by atoms with Crippen LogP contribution in [0.4, 0.5) is 5.69 Å². The van der Waals surface area contributed by atoms with Crippen LogP contribution in [0.25, 0.3) is 0 Å². The van der Waals surface area contributed by atoms with Crippen LogP contribution in [-0.4, -0.2) is 17.4 Å². The van der Waals surface area contributed by atoms with Gasteiger partial charge in [-0.1, -0.05) is 6.07 Å². The van der Waals surface area contributed by atoms with Gasteiger partial charge in [0.05, 0.1) is 5.69 Å². The highest BCUT2D eigenvalue weighted by molar-refractivity contribution is 6.03. The minimum Gasteiger partial charge on any atom is -0.436 e. The van der Waals surface area contributed by atoms with Crippen molar-refractivity contribution in [2.24, 2.45) is 0 Å².